The number of fused-ring (bicyclic) bond motifs is 1. The topological polar surface area (TPSA) is 82.3 Å². The molecule has 0 aliphatic heterocycles. The first-order chi connectivity index (χ1) is 15.0. The number of methoxy groups -OCH3 is 1. The minimum atomic E-state index is -0.587. The molecule has 1 heterocycles. The average Bonchev–Trinajstić information content (AvgIpc) is 2.78. The van der Waals surface area contributed by atoms with E-state index in [-0.39, 0.29) is 6.54 Å². The van der Waals surface area contributed by atoms with Gasteiger partial charge in [0.1, 0.15) is 12.3 Å². The van der Waals surface area contributed by atoms with Crippen LogP contribution in [0.1, 0.15) is 0 Å². The number of hydrogen-bond acceptors (Lipinski definition) is 4. The van der Waals surface area contributed by atoms with E-state index in [4.69, 9.17) is 4.74 Å². The summed E-state index contributed by atoms with van der Waals surface area (Å²) < 4.78 is 8.19. The van der Waals surface area contributed by atoms with Gasteiger partial charge in [0.15, 0.2) is 0 Å². The van der Waals surface area contributed by atoms with Crippen LogP contribution in [-0.2, 0) is 11.3 Å². The summed E-state index contributed by atoms with van der Waals surface area (Å²) in [6.45, 7) is -0.254. The Labute approximate surface area is 185 Å². The Bertz CT molecular complexity index is 1380. The second-order valence-corrected chi connectivity index (χ2v) is 7.70. The van der Waals surface area contributed by atoms with Crippen molar-refractivity contribution >= 4 is 38.4 Å². The molecule has 4 aromatic rings. The van der Waals surface area contributed by atoms with Crippen LogP contribution >= 0.6 is 15.9 Å². The van der Waals surface area contributed by atoms with Crippen molar-refractivity contribution < 1.29 is 9.53 Å². The van der Waals surface area contributed by atoms with Gasteiger partial charge < -0.3 is 10.1 Å². The Balaban J connectivity index is 1.80. The van der Waals surface area contributed by atoms with Gasteiger partial charge in [-0.05, 0) is 54.6 Å². The number of ether oxygens (including phenoxy) is 1. The van der Waals surface area contributed by atoms with Crippen molar-refractivity contribution in [2.75, 3.05) is 12.4 Å². The molecule has 0 fully saturated rings. The predicted molar refractivity (Wildman–Crippen MR) is 123 cm³/mol. The summed E-state index contributed by atoms with van der Waals surface area (Å²) in [5, 5.41) is 3.10. The third-order valence-electron chi connectivity index (χ3n) is 4.79. The van der Waals surface area contributed by atoms with E-state index in [0.717, 1.165) is 4.57 Å². The first kappa shape index (κ1) is 20.6. The maximum atomic E-state index is 13.3. The number of nitrogens with one attached hydrogen (secondary N) is 1. The Morgan fingerprint density at radius 1 is 1.00 bits per heavy atom. The second kappa shape index (κ2) is 8.61. The van der Waals surface area contributed by atoms with Crippen LogP contribution < -0.4 is 21.3 Å². The van der Waals surface area contributed by atoms with Gasteiger partial charge in [0, 0.05) is 10.2 Å². The Morgan fingerprint density at radius 3 is 2.39 bits per heavy atom. The summed E-state index contributed by atoms with van der Waals surface area (Å²) in [5.41, 5.74) is 0.358. The van der Waals surface area contributed by atoms with E-state index in [2.05, 4.69) is 21.2 Å². The normalized spacial score (nSPS) is 10.8. The summed E-state index contributed by atoms with van der Waals surface area (Å²) in [4.78, 5) is 39.1. The monoisotopic (exact) mass is 479 g/mol. The van der Waals surface area contributed by atoms with E-state index in [1.165, 1.54) is 4.57 Å². The SMILES string of the molecule is COc1ccc(NC(=O)Cn2c(=O)n(-c3ccccc3)c(=O)c3cc(Br)ccc32)cc1. The van der Waals surface area contributed by atoms with Gasteiger partial charge in [-0.15, -0.1) is 0 Å². The standard InChI is InChI=1S/C23H18BrN3O4/c1-31-18-10-8-16(9-11-18)25-21(28)14-26-20-12-7-15(24)13-19(20)22(29)27(23(26)30)17-5-3-2-4-6-17/h2-13H,14H2,1H3,(H,25,28). The lowest BCUT2D eigenvalue weighted by atomic mass is 10.2. The van der Waals surface area contributed by atoms with Crippen molar-refractivity contribution in [2.45, 2.75) is 6.54 Å². The van der Waals surface area contributed by atoms with Gasteiger partial charge in [0.2, 0.25) is 5.91 Å². The number of nitrogens with zero attached hydrogens (tertiary/aromatic N) is 2. The first-order valence-electron chi connectivity index (χ1n) is 9.42. The summed E-state index contributed by atoms with van der Waals surface area (Å²) in [6, 6.07) is 20.5. The lowest BCUT2D eigenvalue weighted by Crippen LogP contribution is -2.40. The predicted octanol–water partition coefficient (Wildman–Crippen LogP) is 3.56. The van der Waals surface area contributed by atoms with Gasteiger partial charge >= 0.3 is 5.69 Å². The van der Waals surface area contributed by atoms with Gasteiger partial charge in [-0.2, -0.15) is 0 Å². The number of hydrogen-bond donors (Lipinski definition) is 1. The van der Waals surface area contributed by atoms with Gasteiger partial charge in [0.25, 0.3) is 5.56 Å². The molecule has 0 aliphatic rings. The van der Waals surface area contributed by atoms with Crippen LogP contribution in [0.2, 0.25) is 0 Å². The molecule has 7 nitrogen and oxygen atoms in total. The number of amides is 1. The molecule has 0 aliphatic carbocycles. The number of anilines is 1. The van der Waals surface area contributed by atoms with Gasteiger partial charge in [-0.1, -0.05) is 34.1 Å². The lowest BCUT2D eigenvalue weighted by molar-refractivity contribution is -0.116. The Morgan fingerprint density at radius 2 is 1.71 bits per heavy atom. The zero-order valence-corrected chi connectivity index (χ0v) is 18.1. The number of carbonyl (C=O) groups is 1. The molecule has 1 amide bonds. The molecule has 1 aromatic heterocycles. The quantitative estimate of drug-likeness (QED) is 0.474. The molecule has 156 valence electrons. The van der Waals surface area contributed by atoms with Crippen LogP contribution in [0.4, 0.5) is 5.69 Å². The maximum absolute atomic E-state index is 13.3. The van der Waals surface area contributed by atoms with Crippen molar-refractivity contribution in [2.24, 2.45) is 0 Å². The van der Waals surface area contributed by atoms with Crippen LogP contribution in [0.3, 0.4) is 0 Å². The highest BCUT2D eigenvalue weighted by Crippen LogP contribution is 2.18. The van der Waals surface area contributed by atoms with Crippen molar-refractivity contribution in [3.8, 4) is 11.4 Å². The van der Waals surface area contributed by atoms with Gasteiger partial charge in [-0.3, -0.25) is 14.2 Å². The molecule has 0 atom stereocenters. The number of carbonyl (C=O) groups excluding carboxylic acids is 1. The maximum Gasteiger partial charge on any atom is 0.336 e. The minimum Gasteiger partial charge on any atom is -0.497 e. The zero-order chi connectivity index (χ0) is 22.0. The highest BCUT2D eigenvalue weighted by molar-refractivity contribution is 9.10. The number of aromatic nitrogens is 2. The molecule has 0 radical (unpaired) electrons. The van der Waals surface area contributed by atoms with Crippen molar-refractivity contribution in [1.82, 2.24) is 9.13 Å². The van der Waals surface area contributed by atoms with E-state index in [1.807, 2.05) is 0 Å². The highest BCUT2D eigenvalue weighted by atomic mass is 79.9. The van der Waals surface area contributed by atoms with Crippen LogP contribution in [0.5, 0.6) is 5.75 Å². The fraction of sp³-hybridized carbons (Fsp3) is 0.0870. The number of para-hydroxylation sites is 1. The lowest BCUT2D eigenvalue weighted by Gasteiger charge is -2.14. The highest BCUT2D eigenvalue weighted by Gasteiger charge is 2.17. The molecule has 3 aromatic carbocycles. The molecule has 0 saturated heterocycles. The van der Waals surface area contributed by atoms with E-state index in [0.29, 0.717) is 32.5 Å². The minimum absolute atomic E-state index is 0.254. The zero-order valence-electron chi connectivity index (χ0n) is 16.5. The summed E-state index contributed by atoms with van der Waals surface area (Å²) in [6.07, 6.45) is 0. The smallest absolute Gasteiger partial charge is 0.336 e. The van der Waals surface area contributed by atoms with Crippen LogP contribution in [0, 0.1) is 0 Å². The number of rotatable bonds is 5. The fourth-order valence-electron chi connectivity index (χ4n) is 3.32. The Kier molecular flexibility index (Phi) is 5.73. The third kappa shape index (κ3) is 4.15. The number of halogens is 1. The van der Waals surface area contributed by atoms with Crippen LogP contribution in [0.15, 0.2) is 86.9 Å². The molecule has 8 heteroatoms. The summed E-state index contributed by atoms with van der Waals surface area (Å²) in [7, 11) is 1.56. The second-order valence-electron chi connectivity index (χ2n) is 6.78. The van der Waals surface area contributed by atoms with Gasteiger partial charge in [-0.25, -0.2) is 9.36 Å². The van der Waals surface area contributed by atoms with Crippen molar-refractivity contribution in [3.63, 3.8) is 0 Å². The van der Waals surface area contributed by atoms with E-state index in [1.54, 1.807) is 79.9 Å². The average molecular weight is 480 g/mol. The largest absolute Gasteiger partial charge is 0.497 e. The van der Waals surface area contributed by atoms with Crippen LogP contribution in [-0.4, -0.2) is 22.2 Å². The van der Waals surface area contributed by atoms with Gasteiger partial charge in [0.05, 0.1) is 23.7 Å². The fourth-order valence-corrected chi connectivity index (χ4v) is 3.68. The summed E-state index contributed by atoms with van der Waals surface area (Å²) in [5.74, 6) is 0.274. The molecule has 0 unspecified atom stereocenters. The molecule has 0 bridgehead atoms. The van der Waals surface area contributed by atoms with E-state index >= 15 is 0 Å². The van der Waals surface area contributed by atoms with Crippen molar-refractivity contribution in [3.05, 3.63) is 98.1 Å². The molecular formula is C23H18BrN3O4. The summed E-state index contributed by atoms with van der Waals surface area (Å²) >= 11 is 3.37. The van der Waals surface area contributed by atoms with E-state index in [9.17, 15) is 14.4 Å². The van der Waals surface area contributed by atoms with Crippen LogP contribution in [0.25, 0.3) is 16.6 Å². The molecular weight excluding hydrogens is 462 g/mol. The number of benzene rings is 3. The molecule has 1 N–H and O–H groups in total. The third-order valence-corrected chi connectivity index (χ3v) is 5.29. The molecule has 0 spiro atoms. The molecule has 31 heavy (non-hydrogen) atoms. The first-order valence-corrected chi connectivity index (χ1v) is 10.2. The van der Waals surface area contributed by atoms with Crippen molar-refractivity contribution in [1.29, 1.82) is 0 Å². The molecule has 4 rings (SSSR count). The van der Waals surface area contributed by atoms with E-state index < -0.39 is 17.2 Å². The molecule has 0 saturated carbocycles. The Hall–Kier alpha value is -3.65.